The first-order valence-corrected chi connectivity index (χ1v) is 9.34. The second-order valence-corrected chi connectivity index (χ2v) is 7.28. The Kier molecular flexibility index (Phi) is 5.20. The van der Waals surface area contributed by atoms with Gasteiger partial charge < -0.3 is 21.1 Å². The van der Waals surface area contributed by atoms with Crippen LogP contribution < -0.4 is 16.4 Å². The first-order chi connectivity index (χ1) is 14.2. The molecule has 30 heavy (non-hydrogen) atoms. The number of alkyl halides is 3. The fourth-order valence-corrected chi connectivity index (χ4v) is 3.18. The molecule has 0 saturated carbocycles. The molecule has 0 unspecified atom stereocenters. The average Bonchev–Trinajstić information content (AvgIpc) is 3.08. The summed E-state index contributed by atoms with van der Waals surface area (Å²) >= 11 is 0. The van der Waals surface area contributed by atoms with Crippen LogP contribution in [0.4, 0.5) is 30.6 Å². The number of nitrogens with zero attached hydrogens (tertiary/aromatic N) is 5. The molecule has 0 amide bonds. The SMILES string of the molecule is Cn1ncc2c(Nc3ccc(C(F)(F)F)nc3)nc(NCC3(N)CCOCC3)nc21. The van der Waals surface area contributed by atoms with Crippen molar-refractivity contribution in [3.05, 3.63) is 30.2 Å². The van der Waals surface area contributed by atoms with E-state index in [9.17, 15) is 13.2 Å². The summed E-state index contributed by atoms with van der Waals surface area (Å²) in [7, 11) is 1.74. The highest BCUT2D eigenvalue weighted by Crippen LogP contribution is 2.29. The summed E-state index contributed by atoms with van der Waals surface area (Å²) in [6, 6.07) is 2.20. The molecule has 1 aliphatic rings. The maximum Gasteiger partial charge on any atom is 0.433 e. The van der Waals surface area contributed by atoms with Gasteiger partial charge in [0.05, 0.1) is 23.5 Å². The Hall–Kier alpha value is -2.99. The summed E-state index contributed by atoms with van der Waals surface area (Å²) in [6.45, 7) is 1.67. The molecule has 4 heterocycles. The summed E-state index contributed by atoms with van der Waals surface area (Å²) < 4.78 is 45.2. The summed E-state index contributed by atoms with van der Waals surface area (Å²) in [6.07, 6.45) is -0.366. The van der Waals surface area contributed by atoms with Crippen LogP contribution in [0.15, 0.2) is 24.5 Å². The number of nitrogens with two attached hydrogens (primary N) is 1. The number of aromatic nitrogens is 5. The number of ether oxygens (including phenoxy) is 1. The van der Waals surface area contributed by atoms with Crippen molar-refractivity contribution in [2.24, 2.45) is 12.8 Å². The number of hydrogen-bond donors (Lipinski definition) is 3. The Labute approximate surface area is 169 Å². The minimum Gasteiger partial charge on any atom is -0.381 e. The van der Waals surface area contributed by atoms with E-state index in [2.05, 4.69) is 30.7 Å². The molecule has 0 aromatic carbocycles. The Bertz CT molecular complexity index is 1030. The third-order valence-electron chi connectivity index (χ3n) is 5.00. The number of anilines is 3. The first kappa shape index (κ1) is 20.3. The lowest BCUT2D eigenvalue weighted by Gasteiger charge is -2.33. The van der Waals surface area contributed by atoms with Gasteiger partial charge in [-0.3, -0.25) is 4.68 Å². The molecule has 0 aliphatic carbocycles. The summed E-state index contributed by atoms with van der Waals surface area (Å²) in [4.78, 5) is 12.4. The van der Waals surface area contributed by atoms with Crippen molar-refractivity contribution in [3.63, 3.8) is 0 Å². The van der Waals surface area contributed by atoms with Gasteiger partial charge in [-0.05, 0) is 25.0 Å². The molecule has 4 rings (SSSR count). The molecule has 4 N–H and O–H groups in total. The molecule has 3 aromatic heterocycles. The van der Waals surface area contributed by atoms with Crippen LogP contribution in [-0.4, -0.2) is 50.0 Å². The van der Waals surface area contributed by atoms with Crippen LogP contribution in [-0.2, 0) is 18.0 Å². The van der Waals surface area contributed by atoms with Gasteiger partial charge in [-0.2, -0.15) is 28.2 Å². The Morgan fingerprint density at radius 1 is 1.20 bits per heavy atom. The zero-order valence-electron chi connectivity index (χ0n) is 16.2. The van der Waals surface area contributed by atoms with Crippen molar-refractivity contribution < 1.29 is 17.9 Å². The highest BCUT2D eigenvalue weighted by molar-refractivity contribution is 5.89. The van der Waals surface area contributed by atoms with Gasteiger partial charge in [0, 0.05) is 32.3 Å². The van der Waals surface area contributed by atoms with E-state index in [-0.39, 0.29) is 0 Å². The molecule has 12 heteroatoms. The largest absolute Gasteiger partial charge is 0.433 e. The minimum atomic E-state index is -4.50. The molecular formula is C18H21F3N8O. The molecule has 9 nitrogen and oxygen atoms in total. The highest BCUT2D eigenvalue weighted by atomic mass is 19.4. The topological polar surface area (TPSA) is 116 Å². The van der Waals surface area contributed by atoms with E-state index in [4.69, 9.17) is 10.5 Å². The first-order valence-electron chi connectivity index (χ1n) is 9.34. The zero-order valence-corrected chi connectivity index (χ0v) is 16.2. The van der Waals surface area contributed by atoms with Crippen molar-refractivity contribution in [1.82, 2.24) is 24.7 Å². The standard InChI is InChI=1S/C18H21F3N8O/c1-29-15-12(9-25-29)14(26-11-2-3-13(23-8-11)18(19,20)21)27-16(28-15)24-10-17(22)4-6-30-7-5-17/h2-3,8-9H,4-7,10,22H2,1H3,(H2,24,26,27,28). The second kappa shape index (κ2) is 7.69. The number of fused-ring (bicyclic) bond motifs is 1. The predicted octanol–water partition coefficient (Wildman–Crippen LogP) is 2.44. The van der Waals surface area contributed by atoms with Crippen LogP contribution in [0.1, 0.15) is 18.5 Å². The molecule has 3 aromatic rings. The van der Waals surface area contributed by atoms with Crippen LogP contribution in [0.5, 0.6) is 0 Å². The van der Waals surface area contributed by atoms with Gasteiger partial charge in [-0.25, -0.2) is 4.98 Å². The highest BCUT2D eigenvalue weighted by Gasteiger charge is 2.32. The fraction of sp³-hybridized carbons (Fsp3) is 0.444. The van der Waals surface area contributed by atoms with Crippen molar-refractivity contribution in [2.75, 3.05) is 30.4 Å². The lowest BCUT2D eigenvalue weighted by Crippen LogP contribution is -2.50. The molecule has 0 bridgehead atoms. The minimum absolute atomic E-state index is 0.338. The van der Waals surface area contributed by atoms with Crippen LogP contribution >= 0.6 is 0 Å². The van der Waals surface area contributed by atoms with Crippen molar-refractivity contribution in [3.8, 4) is 0 Å². The van der Waals surface area contributed by atoms with Gasteiger partial charge in [0.1, 0.15) is 11.5 Å². The quantitative estimate of drug-likeness (QED) is 0.574. The smallest absolute Gasteiger partial charge is 0.381 e. The van der Waals surface area contributed by atoms with Crippen molar-refractivity contribution in [2.45, 2.75) is 24.6 Å². The number of nitrogens with one attached hydrogen (secondary N) is 2. The molecule has 1 saturated heterocycles. The average molecular weight is 422 g/mol. The summed E-state index contributed by atoms with van der Waals surface area (Å²) in [5, 5.41) is 11.0. The molecule has 0 atom stereocenters. The third-order valence-corrected chi connectivity index (χ3v) is 5.00. The Morgan fingerprint density at radius 2 is 1.97 bits per heavy atom. The van der Waals surface area contributed by atoms with Crippen molar-refractivity contribution in [1.29, 1.82) is 0 Å². The molecule has 1 aliphatic heterocycles. The molecular weight excluding hydrogens is 401 g/mol. The lowest BCUT2D eigenvalue weighted by molar-refractivity contribution is -0.141. The summed E-state index contributed by atoms with van der Waals surface area (Å²) in [5.74, 6) is 0.736. The lowest BCUT2D eigenvalue weighted by atomic mass is 9.91. The van der Waals surface area contributed by atoms with E-state index in [1.165, 1.54) is 6.07 Å². The Morgan fingerprint density at radius 3 is 2.63 bits per heavy atom. The van der Waals surface area contributed by atoms with Gasteiger partial charge in [0.15, 0.2) is 5.65 Å². The van der Waals surface area contributed by atoms with E-state index in [0.717, 1.165) is 25.1 Å². The van der Waals surface area contributed by atoms with E-state index in [0.29, 0.717) is 48.2 Å². The number of pyridine rings is 1. The van der Waals surface area contributed by atoms with Crippen LogP contribution in [0.2, 0.25) is 0 Å². The predicted molar refractivity (Wildman–Crippen MR) is 104 cm³/mol. The molecule has 0 spiro atoms. The Balaban J connectivity index is 1.59. The van der Waals surface area contributed by atoms with Gasteiger partial charge in [-0.1, -0.05) is 0 Å². The van der Waals surface area contributed by atoms with Crippen LogP contribution in [0, 0.1) is 0 Å². The number of aryl methyl sites for hydroxylation is 1. The van der Waals surface area contributed by atoms with Gasteiger partial charge in [-0.15, -0.1) is 0 Å². The van der Waals surface area contributed by atoms with E-state index in [1.54, 1.807) is 17.9 Å². The van der Waals surface area contributed by atoms with Gasteiger partial charge in [0.25, 0.3) is 0 Å². The second-order valence-electron chi connectivity index (χ2n) is 7.28. The van der Waals surface area contributed by atoms with Gasteiger partial charge in [0.2, 0.25) is 5.95 Å². The fourth-order valence-electron chi connectivity index (χ4n) is 3.18. The molecule has 0 radical (unpaired) electrons. The van der Waals surface area contributed by atoms with Crippen LogP contribution in [0.25, 0.3) is 11.0 Å². The number of hydrogen-bond acceptors (Lipinski definition) is 8. The van der Waals surface area contributed by atoms with Crippen LogP contribution in [0.3, 0.4) is 0 Å². The number of halogens is 3. The summed E-state index contributed by atoms with van der Waals surface area (Å²) in [5.41, 5.74) is 5.94. The zero-order chi connectivity index (χ0) is 21.4. The normalized spacial score (nSPS) is 16.6. The van der Waals surface area contributed by atoms with E-state index in [1.807, 2.05) is 0 Å². The molecule has 1 fully saturated rings. The maximum absolute atomic E-state index is 12.7. The number of rotatable bonds is 5. The van der Waals surface area contributed by atoms with E-state index < -0.39 is 17.4 Å². The van der Waals surface area contributed by atoms with E-state index >= 15 is 0 Å². The monoisotopic (exact) mass is 422 g/mol. The molecule has 160 valence electrons. The van der Waals surface area contributed by atoms with Gasteiger partial charge >= 0.3 is 6.18 Å². The maximum atomic E-state index is 12.7. The van der Waals surface area contributed by atoms with Crippen molar-refractivity contribution >= 4 is 28.5 Å². The third kappa shape index (κ3) is 4.28.